The number of aryl methyl sites for hydroxylation is 2. The van der Waals surface area contributed by atoms with E-state index in [1.807, 2.05) is 0 Å². The number of hydrogen-bond acceptors (Lipinski definition) is 1. The third kappa shape index (κ3) is 15.7. The first-order chi connectivity index (χ1) is 14.6. The molecule has 30 heavy (non-hydrogen) atoms. The first-order valence-corrected chi connectivity index (χ1v) is 13.2. The molecule has 1 aromatic rings. The van der Waals surface area contributed by atoms with Gasteiger partial charge in [0.1, 0.15) is 5.78 Å². The van der Waals surface area contributed by atoms with Crippen LogP contribution in [0.3, 0.4) is 0 Å². The van der Waals surface area contributed by atoms with Crippen LogP contribution in [0.4, 0.5) is 0 Å². The predicted molar refractivity (Wildman–Crippen MR) is 133 cm³/mol. The van der Waals surface area contributed by atoms with Crippen molar-refractivity contribution in [1.29, 1.82) is 0 Å². The summed E-state index contributed by atoms with van der Waals surface area (Å²) in [6, 6.07) is 6.48. The van der Waals surface area contributed by atoms with Gasteiger partial charge in [-0.2, -0.15) is 0 Å². The number of unbranched alkanes of at least 4 members (excludes halogenated alkanes) is 16. The Balaban J connectivity index is 1.82. The lowest BCUT2D eigenvalue weighted by Gasteiger charge is -2.05. The van der Waals surface area contributed by atoms with Gasteiger partial charge in [-0.3, -0.25) is 4.79 Å². The zero-order chi connectivity index (χ0) is 21.9. The van der Waals surface area contributed by atoms with Crippen LogP contribution in [0.1, 0.15) is 139 Å². The standard InChI is InChI=1S/C29H50O/c1-4-5-6-7-8-9-10-11-12-13-14-15-16-17-18-19-20-21-29(30)25-28-23-26(2)22-27(3)24-28/h22-24H,4-21,25H2,1-3H3. The Morgan fingerprint density at radius 2 is 0.933 bits per heavy atom. The molecule has 0 heterocycles. The molecule has 1 rings (SSSR count). The van der Waals surface area contributed by atoms with E-state index in [1.54, 1.807) is 0 Å². The molecule has 0 atom stereocenters. The monoisotopic (exact) mass is 414 g/mol. The summed E-state index contributed by atoms with van der Waals surface area (Å²) in [5, 5.41) is 0. The van der Waals surface area contributed by atoms with E-state index in [1.165, 1.54) is 119 Å². The van der Waals surface area contributed by atoms with Crippen molar-refractivity contribution >= 4 is 5.78 Å². The summed E-state index contributed by atoms with van der Waals surface area (Å²) in [5.74, 6) is 0.404. The lowest BCUT2D eigenvalue weighted by molar-refractivity contribution is -0.118. The molecule has 0 saturated carbocycles. The maximum absolute atomic E-state index is 12.2. The van der Waals surface area contributed by atoms with Crippen molar-refractivity contribution in [3.05, 3.63) is 34.9 Å². The van der Waals surface area contributed by atoms with Crippen molar-refractivity contribution in [2.24, 2.45) is 0 Å². The molecule has 0 saturated heterocycles. The highest BCUT2D eigenvalue weighted by atomic mass is 16.1. The third-order valence-corrected chi connectivity index (χ3v) is 6.24. The fourth-order valence-electron chi connectivity index (χ4n) is 4.53. The van der Waals surface area contributed by atoms with Crippen LogP contribution in [0.25, 0.3) is 0 Å². The average molecular weight is 415 g/mol. The summed E-state index contributed by atoms with van der Waals surface area (Å²) in [6.07, 6.45) is 24.9. The normalized spacial score (nSPS) is 11.2. The molecule has 0 aliphatic rings. The molecular weight excluding hydrogens is 364 g/mol. The number of rotatable bonds is 20. The molecule has 0 amide bonds. The van der Waals surface area contributed by atoms with Gasteiger partial charge < -0.3 is 0 Å². The first kappa shape index (κ1) is 26.9. The molecule has 0 aromatic heterocycles. The van der Waals surface area contributed by atoms with Crippen molar-refractivity contribution in [3.63, 3.8) is 0 Å². The third-order valence-electron chi connectivity index (χ3n) is 6.24. The molecule has 0 fully saturated rings. The Kier molecular flexibility index (Phi) is 16.7. The Hall–Kier alpha value is -1.11. The lowest BCUT2D eigenvalue weighted by atomic mass is 10.00. The van der Waals surface area contributed by atoms with Crippen LogP contribution in [0.2, 0.25) is 0 Å². The van der Waals surface area contributed by atoms with Crippen molar-refractivity contribution in [1.82, 2.24) is 0 Å². The minimum Gasteiger partial charge on any atom is -0.299 e. The van der Waals surface area contributed by atoms with Gasteiger partial charge in [0.25, 0.3) is 0 Å². The second-order valence-electron chi connectivity index (χ2n) is 9.62. The summed E-state index contributed by atoms with van der Waals surface area (Å²) in [7, 11) is 0. The van der Waals surface area contributed by atoms with Gasteiger partial charge in [-0.15, -0.1) is 0 Å². The number of Topliss-reactive ketones (excluding diaryl/α,β-unsaturated/α-hetero) is 1. The maximum Gasteiger partial charge on any atom is 0.137 e. The maximum atomic E-state index is 12.2. The second kappa shape index (κ2) is 18.6. The fourth-order valence-corrected chi connectivity index (χ4v) is 4.53. The Labute approximate surface area is 188 Å². The van der Waals surface area contributed by atoms with E-state index in [0.29, 0.717) is 12.2 Å². The second-order valence-corrected chi connectivity index (χ2v) is 9.62. The molecule has 0 bridgehead atoms. The average Bonchev–Trinajstić information content (AvgIpc) is 2.69. The van der Waals surface area contributed by atoms with Gasteiger partial charge in [0, 0.05) is 12.8 Å². The van der Waals surface area contributed by atoms with E-state index >= 15 is 0 Å². The molecule has 0 unspecified atom stereocenters. The van der Waals surface area contributed by atoms with Crippen molar-refractivity contribution in [3.8, 4) is 0 Å². The predicted octanol–water partition coefficient (Wildman–Crippen LogP) is 9.46. The largest absolute Gasteiger partial charge is 0.299 e. The molecule has 0 aliphatic heterocycles. The quantitative estimate of drug-likeness (QED) is 0.194. The highest BCUT2D eigenvalue weighted by Crippen LogP contribution is 2.15. The van der Waals surface area contributed by atoms with Crippen LogP contribution >= 0.6 is 0 Å². The van der Waals surface area contributed by atoms with E-state index in [9.17, 15) is 4.79 Å². The number of hydrogen-bond donors (Lipinski definition) is 0. The molecular formula is C29H50O. The molecule has 0 N–H and O–H groups in total. The SMILES string of the molecule is CCCCCCCCCCCCCCCCCCCC(=O)Cc1cc(C)cc(C)c1. The van der Waals surface area contributed by atoms with E-state index in [4.69, 9.17) is 0 Å². The van der Waals surface area contributed by atoms with Crippen molar-refractivity contribution < 1.29 is 4.79 Å². The van der Waals surface area contributed by atoms with Crippen LogP contribution < -0.4 is 0 Å². The van der Waals surface area contributed by atoms with Crippen molar-refractivity contribution in [2.45, 2.75) is 143 Å². The molecule has 0 spiro atoms. The number of carbonyl (C=O) groups is 1. The van der Waals surface area contributed by atoms with Gasteiger partial charge in [0.05, 0.1) is 0 Å². The Bertz CT molecular complexity index is 525. The van der Waals surface area contributed by atoms with Gasteiger partial charge in [0.2, 0.25) is 0 Å². The molecule has 0 aliphatic carbocycles. The smallest absolute Gasteiger partial charge is 0.137 e. The van der Waals surface area contributed by atoms with E-state index in [-0.39, 0.29) is 0 Å². The van der Waals surface area contributed by atoms with Gasteiger partial charge in [-0.1, -0.05) is 139 Å². The van der Waals surface area contributed by atoms with Crippen LogP contribution in [0, 0.1) is 13.8 Å². The minimum absolute atomic E-state index is 0.404. The molecule has 1 nitrogen and oxygen atoms in total. The zero-order valence-electron chi connectivity index (χ0n) is 20.6. The molecule has 0 radical (unpaired) electrons. The van der Waals surface area contributed by atoms with Crippen LogP contribution in [0.5, 0.6) is 0 Å². The summed E-state index contributed by atoms with van der Waals surface area (Å²) in [6.45, 7) is 6.51. The van der Waals surface area contributed by atoms with Gasteiger partial charge in [-0.25, -0.2) is 0 Å². The summed E-state index contributed by atoms with van der Waals surface area (Å²) >= 11 is 0. The highest BCUT2D eigenvalue weighted by Gasteiger charge is 2.05. The van der Waals surface area contributed by atoms with Crippen LogP contribution in [-0.4, -0.2) is 5.78 Å². The minimum atomic E-state index is 0.404. The van der Waals surface area contributed by atoms with Gasteiger partial charge >= 0.3 is 0 Å². The summed E-state index contributed by atoms with van der Waals surface area (Å²) in [5.41, 5.74) is 3.70. The first-order valence-electron chi connectivity index (χ1n) is 13.2. The van der Waals surface area contributed by atoms with Gasteiger partial charge in [-0.05, 0) is 25.8 Å². The Morgan fingerprint density at radius 3 is 1.33 bits per heavy atom. The van der Waals surface area contributed by atoms with Gasteiger partial charge in [0.15, 0.2) is 0 Å². The van der Waals surface area contributed by atoms with E-state index < -0.39 is 0 Å². The van der Waals surface area contributed by atoms with Crippen LogP contribution in [0.15, 0.2) is 18.2 Å². The molecule has 1 heteroatoms. The number of ketones is 1. The van der Waals surface area contributed by atoms with E-state index in [0.717, 1.165) is 12.8 Å². The molecule has 1 aromatic carbocycles. The lowest BCUT2D eigenvalue weighted by Crippen LogP contribution is -2.03. The highest BCUT2D eigenvalue weighted by molar-refractivity contribution is 5.80. The Morgan fingerprint density at radius 1 is 0.567 bits per heavy atom. The summed E-state index contributed by atoms with van der Waals surface area (Å²) in [4.78, 5) is 12.2. The fraction of sp³-hybridized carbons (Fsp3) is 0.759. The topological polar surface area (TPSA) is 17.1 Å². The number of benzene rings is 1. The zero-order valence-corrected chi connectivity index (χ0v) is 20.6. The van der Waals surface area contributed by atoms with E-state index in [2.05, 4.69) is 39.0 Å². The molecule has 172 valence electrons. The van der Waals surface area contributed by atoms with Crippen molar-refractivity contribution in [2.75, 3.05) is 0 Å². The van der Waals surface area contributed by atoms with Crippen LogP contribution in [-0.2, 0) is 11.2 Å². The number of carbonyl (C=O) groups excluding carboxylic acids is 1. The summed E-state index contributed by atoms with van der Waals surface area (Å²) < 4.78 is 0.